The Hall–Kier alpha value is -0.700. The Morgan fingerprint density at radius 3 is 2.79 bits per heavy atom. The summed E-state index contributed by atoms with van der Waals surface area (Å²) in [7, 11) is 0. The van der Waals surface area contributed by atoms with Crippen LogP contribution in [0.5, 0.6) is 0 Å². The van der Waals surface area contributed by atoms with Gasteiger partial charge in [0.15, 0.2) is 0 Å². The fourth-order valence-electron chi connectivity index (χ4n) is 2.90. The first-order valence-electron chi connectivity index (χ1n) is 6.94. The van der Waals surface area contributed by atoms with Gasteiger partial charge in [-0.1, -0.05) is 19.9 Å². The molecule has 0 spiro atoms. The molecule has 0 radical (unpaired) electrons. The van der Waals surface area contributed by atoms with Crippen molar-refractivity contribution in [3.05, 3.63) is 34.1 Å². The van der Waals surface area contributed by atoms with Gasteiger partial charge >= 0.3 is 0 Å². The number of rotatable bonds is 3. The maximum atomic E-state index is 13.2. The molecule has 2 unspecified atom stereocenters. The summed E-state index contributed by atoms with van der Waals surface area (Å²) >= 11 is 3.20. The lowest BCUT2D eigenvalue weighted by Crippen LogP contribution is -2.28. The molecule has 1 fully saturated rings. The highest BCUT2D eigenvalue weighted by Gasteiger charge is 2.30. The van der Waals surface area contributed by atoms with E-state index >= 15 is 0 Å². The molecule has 0 bridgehead atoms. The number of ketones is 1. The number of Topliss-reactive ketones (excluding diaryl/α,β-unsaturated/α-hetero) is 1. The molecular weight excluding hydrogens is 307 g/mol. The number of carbonyl (C=O) groups is 1. The molecule has 2 atom stereocenters. The summed E-state index contributed by atoms with van der Waals surface area (Å²) in [5.74, 6) is 1.51. The maximum Gasteiger partial charge on any atom is 0.137 e. The van der Waals surface area contributed by atoms with Crippen LogP contribution in [0.3, 0.4) is 0 Å². The van der Waals surface area contributed by atoms with Gasteiger partial charge in [0.1, 0.15) is 11.6 Å². The minimum absolute atomic E-state index is 0.110. The number of hydrogen-bond acceptors (Lipinski definition) is 1. The molecule has 104 valence electrons. The maximum absolute atomic E-state index is 13.2. The first kappa shape index (κ1) is 14.7. The first-order valence-corrected chi connectivity index (χ1v) is 7.73. The molecule has 1 aromatic rings. The zero-order valence-electron chi connectivity index (χ0n) is 11.5. The number of carbonyl (C=O) groups excluding carboxylic acids is 1. The fraction of sp³-hybridized carbons (Fsp3) is 0.562. The third-order valence-electron chi connectivity index (χ3n) is 4.21. The molecule has 3 heteroatoms. The van der Waals surface area contributed by atoms with Crippen molar-refractivity contribution in [1.29, 1.82) is 0 Å². The molecule has 19 heavy (non-hydrogen) atoms. The molecule has 0 saturated heterocycles. The summed E-state index contributed by atoms with van der Waals surface area (Å²) in [6.07, 6.45) is 3.45. The topological polar surface area (TPSA) is 17.1 Å². The van der Waals surface area contributed by atoms with E-state index < -0.39 is 0 Å². The van der Waals surface area contributed by atoms with Crippen LogP contribution in [0.1, 0.15) is 38.7 Å². The largest absolute Gasteiger partial charge is 0.299 e. The SMILES string of the molecule is CC(C)C1CCC(=O)C(Cc2ccc(F)c(Br)c2)C1. The standard InChI is InChI=1S/C16H20BrFO/c1-10(2)12-4-6-16(19)13(9-12)7-11-3-5-15(18)14(17)8-11/h3,5,8,10,12-13H,4,6-7,9H2,1-2H3. The second-order valence-electron chi connectivity index (χ2n) is 5.89. The minimum Gasteiger partial charge on any atom is -0.299 e. The Bertz CT molecular complexity index is 470. The van der Waals surface area contributed by atoms with Gasteiger partial charge in [0.05, 0.1) is 4.47 Å². The Morgan fingerprint density at radius 1 is 1.42 bits per heavy atom. The van der Waals surface area contributed by atoms with E-state index in [0.717, 1.165) is 24.8 Å². The van der Waals surface area contributed by atoms with Crippen LogP contribution in [-0.4, -0.2) is 5.78 Å². The molecule has 1 aliphatic carbocycles. The van der Waals surface area contributed by atoms with Crippen LogP contribution >= 0.6 is 15.9 Å². The van der Waals surface area contributed by atoms with Crippen molar-refractivity contribution < 1.29 is 9.18 Å². The Morgan fingerprint density at radius 2 is 2.16 bits per heavy atom. The molecule has 0 amide bonds. The van der Waals surface area contributed by atoms with E-state index in [2.05, 4.69) is 29.8 Å². The van der Waals surface area contributed by atoms with E-state index in [-0.39, 0.29) is 11.7 Å². The monoisotopic (exact) mass is 326 g/mol. The highest BCUT2D eigenvalue weighted by Crippen LogP contribution is 2.33. The molecule has 0 aliphatic heterocycles. The number of halogens is 2. The van der Waals surface area contributed by atoms with E-state index in [4.69, 9.17) is 0 Å². The van der Waals surface area contributed by atoms with Crippen molar-refractivity contribution in [2.75, 3.05) is 0 Å². The molecule has 1 saturated carbocycles. The molecular formula is C16H20BrFO. The molecule has 0 aromatic heterocycles. The van der Waals surface area contributed by atoms with Crippen molar-refractivity contribution in [3.63, 3.8) is 0 Å². The van der Waals surface area contributed by atoms with E-state index in [0.29, 0.717) is 28.5 Å². The van der Waals surface area contributed by atoms with Gasteiger partial charge in [0.2, 0.25) is 0 Å². The minimum atomic E-state index is -0.251. The summed E-state index contributed by atoms with van der Waals surface area (Å²) in [5.41, 5.74) is 1.04. The average Bonchev–Trinajstić information content (AvgIpc) is 2.36. The van der Waals surface area contributed by atoms with Gasteiger partial charge in [-0.05, 0) is 64.7 Å². The lowest BCUT2D eigenvalue weighted by molar-refractivity contribution is -0.125. The molecule has 2 rings (SSSR count). The normalized spacial score (nSPS) is 23.9. The number of benzene rings is 1. The third-order valence-corrected chi connectivity index (χ3v) is 4.82. The molecule has 1 aliphatic rings. The second-order valence-corrected chi connectivity index (χ2v) is 6.75. The molecule has 1 nitrogen and oxygen atoms in total. The zero-order chi connectivity index (χ0) is 14.0. The van der Waals surface area contributed by atoms with Gasteiger partial charge < -0.3 is 0 Å². The fourth-order valence-corrected chi connectivity index (χ4v) is 3.33. The smallest absolute Gasteiger partial charge is 0.137 e. The summed E-state index contributed by atoms with van der Waals surface area (Å²) in [6.45, 7) is 4.46. The van der Waals surface area contributed by atoms with Gasteiger partial charge in [-0.2, -0.15) is 0 Å². The quantitative estimate of drug-likeness (QED) is 0.781. The Labute approximate surface area is 122 Å². The predicted octanol–water partition coefficient (Wildman–Crippen LogP) is 4.77. The van der Waals surface area contributed by atoms with Crippen molar-refractivity contribution >= 4 is 21.7 Å². The van der Waals surface area contributed by atoms with Gasteiger partial charge in [-0.25, -0.2) is 4.39 Å². The van der Waals surface area contributed by atoms with Crippen molar-refractivity contribution in [3.8, 4) is 0 Å². The van der Waals surface area contributed by atoms with Crippen LogP contribution in [0.2, 0.25) is 0 Å². The Balaban J connectivity index is 2.07. The summed E-state index contributed by atoms with van der Waals surface area (Å²) in [5, 5.41) is 0. The van der Waals surface area contributed by atoms with Crippen molar-refractivity contribution in [2.24, 2.45) is 17.8 Å². The highest BCUT2D eigenvalue weighted by molar-refractivity contribution is 9.10. The van der Waals surface area contributed by atoms with Crippen molar-refractivity contribution in [1.82, 2.24) is 0 Å². The van der Waals surface area contributed by atoms with Gasteiger partial charge in [-0.15, -0.1) is 0 Å². The predicted molar refractivity (Wildman–Crippen MR) is 78.5 cm³/mol. The molecule has 0 heterocycles. The van der Waals surface area contributed by atoms with E-state index in [1.165, 1.54) is 6.07 Å². The van der Waals surface area contributed by atoms with Crippen molar-refractivity contribution in [2.45, 2.75) is 39.5 Å². The van der Waals surface area contributed by atoms with Gasteiger partial charge in [0.25, 0.3) is 0 Å². The van der Waals surface area contributed by atoms with Crippen LogP contribution in [0, 0.1) is 23.6 Å². The zero-order valence-corrected chi connectivity index (χ0v) is 13.0. The average molecular weight is 327 g/mol. The Kier molecular flexibility index (Phi) is 4.77. The van der Waals surface area contributed by atoms with E-state index in [1.54, 1.807) is 12.1 Å². The van der Waals surface area contributed by atoms with Crippen LogP contribution < -0.4 is 0 Å². The summed E-state index contributed by atoms with van der Waals surface area (Å²) in [4.78, 5) is 12.0. The summed E-state index contributed by atoms with van der Waals surface area (Å²) in [6, 6.07) is 5.04. The lowest BCUT2D eigenvalue weighted by atomic mass is 9.73. The van der Waals surface area contributed by atoms with Gasteiger partial charge in [0, 0.05) is 12.3 Å². The highest BCUT2D eigenvalue weighted by atomic mass is 79.9. The van der Waals surface area contributed by atoms with Crippen LogP contribution in [0.15, 0.2) is 22.7 Å². The molecule has 1 aromatic carbocycles. The summed E-state index contributed by atoms with van der Waals surface area (Å²) < 4.78 is 13.7. The van der Waals surface area contributed by atoms with E-state index in [1.807, 2.05) is 0 Å². The van der Waals surface area contributed by atoms with Crippen LogP contribution in [-0.2, 0) is 11.2 Å². The third kappa shape index (κ3) is 3.65. The number of hydrogen-bond donors (Lipinski definition) is 0. The van der Waals surface area contributed by atoms with Gasteiger partial charge in [-0.3, -0.25) is 4.79 Å². The molecule has 0 N–H and O–H groups in total. The van der Waals surface area contributed by atoms with Crippen LogP contribution in [0.4, 0.5) is 4.39 Å². The lowest BCUT2D eigenvalue weighted by Gasteiger charge is -2.30. The second kappa shape index (κ2) is 6.17. The van der Waals surface area contributed by atoms with E-state index in [9.17, 15) is 9.18 Å². The van der Waals surface area contributed by atoms with Crippen LogP contribution in [0.25, 0.3) is 0 Å². The first-order chi connectivity index (χ1) is 8.97.